The maximum atomic E-state index is 13.2. The van der Waals surface area contributed by atoms with Gasteiger partial charge in [-0.05, 0) is 56.2 Å². The van der Waals surface area contributed by atoms with Crippen molar-refractivity contribution in [2.45, 2.75) is 31.2 Å². The number of ether oxygens (including phenoxy) is 2. The highest BCUT2D eigenvalue weighted by molar-refractivity contribution is 7.89. The average Bonchev–Trinajstić information content (AvgIpc) is 2.82. The van der Waals surface area contributed by atoms with Gasteiger partial charge in [0.05, 0.1) is 28.8 Å². The Labute approximate surface area is 205 Å². The lowest BCUT2D eigenvalue weighted by Crippen LogP contribution is -2.45. The molecule has 2 N–H and O–H groups in total. The Morgan fingerprint density at radius 3 is 2.24 bits per heavy atom. The van der Waals surface area contributed by atoms with E-state index in [2.05, 4.69) is 10.0 Å². The number of amides is 1. The number of carbonyl (C=O) groups is 1. The third-order valence-corrected chi connectivity index (χ3v) is 6.62. The summed E-state index contributed by atoms with van der Waals surface area (Å²) in [6.45, 7) is 4.46. The molecule has 7 nitrogen and oxygen atoms in total. The molecule has 0 bridgehead atoms. The summed E-state index contributed by atoms with van der Waals surface area (Å²) < 4.78 is 39.8. The summed E-state index contributed by atoms with van der Waals surface area (Å²) in [5.74, 6) is 0.365. The van der Waals surface area contributed by atoms with Crippen LogP contribution in [0.15, 0.2) is 77.7 Å². The van der Waals surface area contributed by atoms with E-state index in [1.165, 1.54) is 18.2 Å². The lowest BCUT2D eigenvalue weighted by molar-refractivity contribution is -0.117. The minimum Gasteiger partial charge on any atom is -0.492 e. The molecule has 1 amide bonds. The molecule has 9 heteroatoms. The van der Waals surface area contributed by atoms with E-state index in [0.29, 0.717) is 30.4 Å². The van der Waals surface area contributed by atoms with Crippen LogP contribution < -0.4 is 19.5 Å². The number of para-hydroxylation sites is 2. The Kier molecular flexibility index (Phi) is 8.92. The number of halogens is 1. The van der Waals surface area contributed by atoms with Gasteiger partial charge in [-0.1, -0.05) is 54.1 Å². The van der Waals surface area contributed by atoms with Crippen LogP contribution in [0.2, 0.25) is 5.02 Å². The van der Waals surface area contributed by atoms with Gasteiger partial charge in [0.25, 0.3) is 0 Å². The Morgan fingerprint density at radius 1 is 0.912 bits per heavy atom. The van der Waals surface area contributed by atoms with E-state index >= 15 is 0 Å². The zero-order chi connectivity index (χ0) is 24.6. The first kappa shape index (κ1) is 25.6. The quantitative estimate of drug-likeness (QED) is 0.397. The Hall–Kier alpha value is -3.07. The lowest BCUT2D eigenvalue weighted by Gasteiger charge is -2.20. The van der Waals surface area contributed by atoms with Crippen molar-refractivity contribution in [1.82, 2.24) is 4.72 Å². The van der Waals surface area contributed by atoms with Crippen LogP contribution >= 0.6 is 11.6 Å². The van der Waals surface area contributed by atoms with Gasteiger partial charge in [-0.2, -0.15) is 4.72 Å². The molecule has 0 heterocycles. The van der Waals surface area contributed by atoms with Gasteiger partial charge in [-0.3, -0.25) is 4.79 Å². The normalized spacial score (nSPS) is 12.1. The molecule has 3 aromatic carbocycles. The van der Waals surface area contributed by atoms with Crippen LogP contribution in [0, 0.1) is 0 Å². The van der Waals surface area contributed by atoms with E-state index in [1.54, 1.807) is 31.2 Å². The van der Waals surface area contributed by atoms with Crippen LogP contribution in [0.25, 0.3) is 0 Å². The fourth-order valence-corrected chi connectivity index (χ4v) is 4.81. The van der Waals surface area contributed by atoms with Crippen molar-refractivity contribution in [3.8, 4) is 11.5 Å². The van der Waals surface area contributed by atoms with Gasteiger partial charge >= 0.3 is 0 Å². The van der Waals surface area contributed by atoms with Crippen LogP contribution in [0.1, 0.15) is 19.4 Å². The number of nitrogens with one attached hydrogen (secondary N) is 2. The van der Waals surface area contributed by atoms with E-state index in [4.69, 9.17) is 21.1 Å². The zero-order valence-corrected chi connectivity index (χ0v) is 20.5. The number of benzene rings is 3. The molecule has 0 aliphatic heterocycles. The Balaban J connectivity index is 1.88. The molecule has 0 fully saturated rings. The molecule has 3 rings (SSSR count). The molecule has 0 radical (unpaired) electrons. The first-order valence-corrected chi connectivity index (χ1v) is 12.7. The standard InChI is InChI=1S/C25H27ClN2O5S/c1-3-32-23-15-14-19(17-20(23)26)34(30,31)28-22(16-18-10-6-5-7-11-18)25(29)27-21-12-8-9-13-24(21)33-4-2/h5-15,17,22,28H,3-4,16H2,1-2H3,(H,27,29)/t22-/m1/s1. The van der Waals surface area contributed by atoms with Crippen molar-refractivity contribution in [1.29, 1.82) is 0 Å². The maximum absolute atomic E-state index is 13.2. The molecule has 0 unspecified atom stereocenters. The molecule has 1 atom stereocenters. The smallest absolute Gasteiger partial charge is 0.243 e. The van der Waals surface area contributed by atoms with Crippen molar-refractivity contribution in [3.05, 3.63) is 83.4 Å². The molecule has 0 spiro atoms. The number of rotatable bonds is 11. The van der Waals surface area contributed by atoms with Gasteiger partial charge in [-0.15, -0.1) is 0 Å². The highest BCUT2D eigenvalue weighted by Gasteiger charge is 2.27. The molecule has 0 aliphatic rings. The first-order valence-electron chi connectivity index (χ1n) is 10.8. The molecule has 3 aromatic rings. The van der Waals surface area contributed by atoms with E-state index in [9.17, 15) is 13.2 Å². The van der Waals surface area contributed by atoms with Crippen LogP contribution in [0.3, 0.4) is 0 Å². The highest BCUT2D eigenvalue weighted by Crippen LogP contribution is 2.28. The van der Waals surface area contributed by atoms with Crippen LogP contribution in [-0.2, 0) is 21.2 Å². The molecule has 34 heavy (non-hydrogen) atoms. The monoisotopic (exact) mass is 502 g/mol. The minimum atomic E-state index is -4.07. The van der Waals surface area contributed by atoms with Gasteiger partial charge in [0.2, 0.25) is 15.9 Å². The number of hydrogen-bond acceptors (Lipinski definition) is 5. The fourth-order valence-electron chi connectivity index (χ4n) is 3.29. The van der Waals surface area contributed by atoms with Gasteiger partial charge in [0.1, 0.15) is 17.5 Å². The summed E-state index contributed by atoms with van der Waals surface area (Å²) in [6, 6.07) is 19.2. The maximum Gasteiger partial charge on any atom is 0.243 e. The summed E-state index contributed by atoms with van der Waals surface area (Å²) >= 11 is 6.19. The van der Waals surface area contributed by atoms with Crippen molar-refractivity contribution < 1.29 is 22.7 Å². The van der Waals surface area contributed by atoms with E-state index in [0.717, 1.165) is 5.56 Å². The zero-order valence-electron chi connectivity index (χ0n) is 19.0. The molecular weight excluding hydrogens is 476 g/mol. The molecule has 0 saturated carbocycles. The average molecular weight is 503 g/mol. The van der Waals surface area contributed by atoms with Gasteiger partial charge in [0, 0.05) is 0 Å². The predicted molar refractivity (Wildman–Crippen MR) is 133 cm³/mol. The van der Waals surface area contributed by atoms with E-state index < -0.39 is 22.0 Å². The topological polar surface area (TPSA) is 93.7 Å². The van der Waals surface area contributed by atoms with Crippen molar-refractivity contribution in [3.63, 3.8) is 0 Å². The largest absolute Gasteiger partial charge is 0.492 e. The second kappa shape index (κ2) is 11.9. The van der Waals surface area contributed by atoms with Gasteiger partial charge < -0.3 is 14.8 Å². The second-order valence-electron chi connectivity index (χ2n) is 7.31. The van der Waals surface area contributed by atoms with Gasteiger partial charge in [-0.25, -0.2) is 8.42 Å². The van der Waals surface area contributed by atoms with E-state index in [-0.39, 0.29) is 16.3 Å². The first-order chi connectivity index (χ1) is 16.3. The van der Waals surface area contributed by atoms with Crippen molar-refractivity contribution in [2.24, 2.45) is 0 Å². The summed E-state index contributed by atoms with van der Waals surface area (Å²) in [4.78, 5) is 13.2. The third-order valence-electron chi connectivity index (χ3n) is 4.85. The predicted octanol–water partition coefficient (Wildman–Crippen LogP) is 4.67. The molecule has 0 saturated heterocycles. The summed E-state index contributed by atoms with van der Waals surface area (Å²) in [6.07, 6.45) is 0.146. The van der Waals surface area contributed by atoms with Crippen molar-refractivity contribution in [2.75, 3.05) is 18.5 Å². The Bertz CT molecular complexity index is 1220. The number of carbonyl (C=O) groups excluding carboxylic acids is 1. The molecular formula is C25H27ClN2O5S. The Morgan fingerprint density at radius 2 is 1.56 bits per heavy atom. The fraction of sp³-hybridized carbons (Fsp3) is 0.240. The van der Waals surface area contributed by atoms with Crippen LogP contribution in [0.4, 0.5) is 5.69 Å². The number of sulfonamides is 1. The van der Waals surface area contributed by atoms with Crippen LogP contribution in [-0.4, -0.2) is 33.6 Å². The summed E-state index contributed by atoms with van der Waals surface area (Å²) in [7, 11) is -4.07. The van der Waals surface area contributed by atoms with E-state index in [1.807, 2.05) is 37.3 Å². The molecule has 0 aliphatic carbocycles. The van der Waals surface area contributed by atoms with Crippen molar-refractivity contribution >= 4 is 33.2 Å². The minimum absolute atomic E-state index is 0.0680. The third kappa shape index (κ3) is 6.72. The molecule has 0 aromatic heterocycles. The molecule has 180 valence electrons. The second-order valence-corrected chi connectivity index (χ2v) is 9.43. The summed E-state index contributed by atoms with van der Waals surface area (Å²) in [5, 5.41) is 2.96. The SMILES string of the molecule is CCOc1ccc(S(=O)(=O)N[C@H](Cc2ccccc2)C(=O)Nc2ccccc2OCC)cc1Cl. The number of hydrogen-bond donors (Lipinski definition) is 2. The highest BCUT2D eigenvalue weighted by atomic mass is 35.5. The number of anilines is 1. The summed E-state index contributed by atoms with van der Waals surface area (Å²) in [5.41, 5.74) is 1.25. The van der Waals surface area contributed by atoms with Gasteiger partial charge in [0.15, 0.2) is 0 Å². The van der Waals surface area contributed by atoms with Crippen LogP contribution in [0.5, 0.6) is 11.5 Å². The lowest BCUT2D eigenvalue weighted by atomic mass is 10.1.